The molecule has 0 spiro atoms. The first-order valence-corrected chi connectivity index (χ1v) is 9.24. The summed E-state index contributed by atoms with van der Waals surface area (Å²) in [6.45, 7) is 2.57. The van der Waals surface area contributed by atoms with Gasteiger partial charge in [-0.15, -0.1) is 0 Å². The number of hydrogen-bond acceptors (Lipinski definition) is 3. The van der Waals surface area contributed by atoms with Crippen molar-refractivity contribution in [2.45, 2.75) is 37.4 Å². The molecule has 128 valence electrons. The van der Waals surface area contributed by atoms with Gasteiger partial charge in [0, 0.05) is 19.0 Å². The van der Waals surface area contributed by atoms with Gasteiger partial charge in [-0.05, 0) is 49.3 Å². The predicted molar refractivity (Wildman–Crippen MR) is 95.5 cm³/mol. The van der Waals surface area contributed by atoms with Crippen molar-refractivity contribution in [2.75, 3.05) is 19.6 Å². The van der Waals surface area contributed by atoms with E-state index in [0.29, 0.717) is 18.3 Å². The third kappa shape index (κ3) is 2.97. The van der Waals surface area contributed by atoms with Gasteiger partial charge in [-0.1, -0.05) is 48.6 Å². The predicted octanol–water partition coefficient (Wildman–Crippen LogP) is 2.85. The summed E-state index contributed by atoms with van der Waals surface area (Å²) in [5.41, 5.74) is 1.28. The molecule has 1 fully saturated rings. The van der Waals surface area contributed by atoms with Crippen LogP contribution in [0.25, 0.3) is 0 Å². The lowest BCUT2D eigenvalue weighted by molar-refractivity contribution is 0.0260. The summed E-state index contributed by atoms with van der Waals surface area (Å²) in [5, 5.41) is 21.6. The quantitative estimate of drug-likeness (QED) is 0.818. The second-order valence-corrected chi connectivity index (χ2v) is 7.59. The Bertz CT molecular complexity index is 638. The Morgan fingerprint density at radius 2 is 2.00 bits per heavy atom. The van der Waals surface area contributed by atoms with Gasteiger partial charge in [0.15, 0.2) is 0 Å². The van der Waals surface area contributed by atoms with Gasteiger partial charge >= 0.3 is 0 Å². The van der Waals surface area contributed by atoms with E-state index in [-0.39, 0.29) is 6.10 Å². The van der Waals surface area contributed by atoms with Crippen molar-refractivity contribution in [2.24, 2.45) is 11.8 Å². The second-order valence-electron chi connectivity index (χ2n) is 7.59. The Morgan fingerprint density at radius 1 is 1.17 bits per heavy atom. The van der Waals surface area contributed by atoms with Crippen molar-refractivity contribution in [1.82, 2.24) is 4.90 Å². The lowest BCUT2D eigenvalue weighted by Crippen LogP contribution is -2.42. The Hall–Kier alpha value is -1.42. The molecule has 0 amide bonds. The van der Waals surface area contributed by atoms with Crippen molar-refractivity contribution in [3.63, 3.8) is 0 Å². The number of rotatable bonds is 5. The molecule has 1 aliphatic heterocycles. The van der Waals surface area contributed by atoms with Crippen LogP contribution in [0.4, 0.5) is 0 Å². The number of fused-ring (bicyclic) bond motifs is 2. The second kappa shape index (κ2) is 6.47. The zero-order valence-corrected chi connectivity index (χ0v) is 14.1. The summed E-state index contributed by atoms with van der Waals surface area (Å²) in [4.78, 5) is 2.30. The molecule has 4 unspecified atom stereocenters. The molecular weight excluding hydrogens is 298 g/mol. The smallest absolute Gasteiger partial charge is 0.112 e. The molecule has 1 saturated heterocycles. The summed E-state index contributed by atoms with van der Waals surface area (Å²) >= 11 is 0. The summed E-state index contributed by atoms with van der Waals surface area (Å²) in [5.74, 6) is 0.879. The molecule has 3 heteroatoms. The number of nitrogens with zero attached hydrogens (tertiary/aromatic N) is 1. The minimum atomic E-state index is -0.895. The van der Waals surface area contributed by atoms with Gasteiger partial charge in [-0.2, -0.15) is 0 Å². The van der Waals surface area contributed by atoms with Crippen molar-refractivity contribution in [1.29, 1.82) is 0 Å². The first-order chi connectivity index (χ1) is 11.6. The molecule has 4 rings (SSSR count). The minimum absolute atomic E-state index is 0.215. The topological polar surface area (TPSA) is 43.7 Å². The average molecular weight is 325 g/mol. The van der Waals surface area contributed by atoms with Crippen LogP contribution in [-0.4, -0.2) is 40.9 Å². The van der Waals surface area contributed by atoms with E-state index in [9.17, 15) is 10.2 Å². The summed E-state index contributed by atoms with van der Waals surface area (Å²) in [6.07, 6.45) is 10.3. The van der Waals surface area contributed by atoms with Crippen LogP contribution in [0.15, 0.2) is 54.1 Å². The highest BCUT2D eigenvalue weighted by Gasteiger charge is 2.42. The van der Waals surface area contributed by atoms with Crippen LogP contribution in [0.1, 0.15) is 31.2 Å². The van der Waals surface area contributed by atoms with E-state index >= 15 is 0 Å². The number of β-amino-alcohol motifs (C(OH)–C–C–N with tert-alkyl or cyclic N) is 1. The van der Waals surface area contributed by atoms with Gasteiger partial charge in [0.25, 0.3) is 0 Å². The number of allylic oxidation sites excluding steroid dienone is 3. The lowest BCUT2D eigenvalue weighted by Gasteiger charge is -2.37. The lowest BCUT2D eigenvalue weighted by atomic mass is 9.78. The van der Waals surface area contributed by atoms with E-state index in [1.807, 2.05) is 30.3 Å². The summed E-state index contributed by atoms with van der Waals surface area (Å²) in [6, 6.07) is 10.1. The van der Waals surface area contributed by atoms with E-state index in [0.717, 1.165) is 44.5 Å². The van der Waals surface area contributed by atoms with Gasteiger partial charge in [0.2, 0.25) is 0 Å². The number of aliphatic hydroxyl groups is 2. The highest BCUT2D eigenvalue weighted by molar-refractivity contribution is 5.41. The largest absolute Gasteiger partial charge is 0.392 e. The number of benzene rings is 1. The Balaban J connectivity index is 1.56. The van der Waals surface area contributed by atoms with E-state index < -0.39 is 5.60 Å². The first-order valence-electron chi connectivity index (χ1n) is 9.24. The summed E-state index contributed by atoms with van der Waals surface area (Å²) in [7, 11) is 0. The van der Waals surface area contributed by atoms with E-state index in [4.69, 9.17) is 0 Å². The zero-order valence-electron chi connectivity index (χ0n) is 14.1. The molecule has 0 aromatic heterocycles. The van der Waals surface area contributed by atoms with Crippen LogP contribution in [0.5, 0.6) is 0 Å². The van der Waals surface area contributed by atoms with Crippen LogP contribution in [0.3, 0.4) is 0 Å². The average Bonchev–Trinajstić information content (AvgIpc) is 3.24. The first kappa shape index (κ1) is 16.1. The highest BCUT2D eigenvalue weighted by atomic mass is 16.3. The third-order valence-electron chi connectivity index (χ3n) is 5.91. The van der Waals surface area contributed by atoms with Gasteiger partial charge in [-0.3, -0.25) is 0 Å². The van der Waals surface area contributed by atoms with Crippen LogP contribution in [0.2, 0.25) is 0 Å². The fourth-order valence-corrected chi connectivity index (χ4v) is 4.60. The molecule has 0 saturated carbocycles. The third-order valence-corrected chi connectivity index (χ3v) is 5.91. The molecule has 0 radical (unpaired) electrons. The van der Waals surface area contributed by atoms with Gasteiger partial charge in [-0.25, -0.2) is 0 Å². The summed E-state index contributed by atoms with van der Waals surface area (Å²) < 4.78 is 0. The molecule has 1 aromatic carbocycles. The van der Waals surface area contributed by atoms with Gasteiger partial charge < -0.3 is 15.1 Å². The molecule has 1 heterocycles. The molecule has 2 bridgehead atoms. The molecule has 1 aromatic rings. The van der Waals surface area contributed by atoms with Crippen molar-refractivity contribution in [3.05, 3.63) is 59.7 Å². The molecule has 3 aliphatic rings. The van der Waals surface area contributed by atoms with Gasteiger partial charge in [0.1, 0.15) is 5.60 Å². The van der Waals surface area contributed by atoms with Crippen LogP contribution in [-0.2, 0) is 5.60 Å². The molecule has 4 atom stereocenters. The Kier molecular flexibility index (Phi) is 4.33. The maximum Gasteiger partial charge on any atom is 0.112 e. The number of piperidine rings is 1. The van der Waals surface area contributed by atoms with Crippen molar-refractivity contribution < 1.29 is 10.2 Å². The minimum Gasteiger partial charge on any atom is -0.392 e. The highest BCUT2D eigenvalue weighted by Crippen LogP contribution is 2.48. The fourth-order valence-electron chi connectivity index (χ4n) is 4.60. The molecule has 2 N–H and O–H groups in total. The molecule has 3 nitrogen and oxygen atoms in total. The van der Waals surface area contributed by atoms with E-state index in [2.05, 4.69) is 23.1 Å². The standard InChI is InChI=1S/C21H27NO2/c23-19-7-4-11-22(15-19)12-10-21(24,18-5-2-1-3-6-18)20-14-16-8-9-17(20)13-16/h1-3,5-6,8-9,14,16-17,19,23-24H,4,7,10-13,15H2. The Labute approximate surface area is 144 Å². The van der Waals surface area contributed by atoms with E-state index in [1.54, 1.807) is 0 Å². The number of likely N-dealkylation sites (tertiary alicyclic amines) is 1. The Morgan fingerprint density at radius 3 is 2.67 bits per heavy atom. The fraction of sp³-hybridized carbons (Fsp3) is 0.524. The van der Waals surface area contributed by atoms with Crippen LogP contribution >= 0.6 is 0 Å². The number of aliphatic hydroxyl groups excluding tert-OH is 1. The van der Waals surface area contributed by atoms with E-state index in [1.165, 1.54) is 5.57 Å². The van der Waals surface area contributed by atoms with Crippen LogP contribution < -0.4 is 0 Å². The van der Waals surface area contributed by atoms with Gasteiger partial charge in [0.05, 0.1) is 6.10 Å². The normalized spacial score (nSPS) is 31.9. The molecular formula is C21H27NO2. The maximum absolute atomic E-state index is 11.7. The monoisotopic (exact) mass is 325 g/mol. The number of hydrogen-bond donors (Lipinski definition) is 2. The molecule has 24 heavy (non-hydrogen) atoms. The van der Waals surface area contributed by atoms with Crippen molar-refractivity contribution in [3.8, 4) is 0 Å². The van der Waals surface area contributed by atoms with Crippen molar-refractivity contribution >= 4 is 0 Å². The molecule has 2 aliphatic carbocycles. The SMILES string of the molecule is OC1CCCN(CCC(O)(C2=CC3C=CC2C3)c2ccccc2)C1. The zero-order chi connectivity index (χ0) is 16.6. The maximum atomic E-state index is 11.7. The van der Waals surface area contributed by atoms with Crippen LogP contribution in [0, 0.1) is 11.8 Å².